The van der Waals surface area contributed by atoms with E-state index in [-0.39, 0.29) is 24.3 Å². The Labute approximate surface area is 446 Å². The first-order valence-corrected chi connectivity index (χ1v) is 26.6. The van der Waals surface area contributed by atoms with Crippen LogP contribution in [0.2, 0.25) is 0 Å². The van der Waals surface area contributed by atoms with E-state index in [0.29, 0.717) is 71.2 Å². The van der Waals surface area contributed by atoms with Crippen LogP contribution in [0.15, 0.2) is 36.4 Å². The minimum absolute atomic E-state index is 0.203. The van der Waals surface area contributed by atoms with Crippen LogP contribution in [0.5, 0.6) is 11.5 Å². The average molecular weight is 1070 g/mol. The fourth-order valence-electron chi connectivity index (χ4n) is 9.55. The molecule has 2 aliphatic carbocycles. The summed E-state index contributed by atoms with van der Waals surface area (Å²) in [5.74, 6) is 0.602. The number of ether oxygens (including phenoxy) is 2. The summed E-state index contributed by atoms with van der Waals surface area (Å²) in [6.45, 7) is 4.24. The topological polar surface area (TPSA) is 252 Å². The van der Waals surface area contributed by atoms with Crippen molar-refractivity contribution in [1.29, 1.82) is 0 Å². The molecule has 2 aromatic carbocycles. The Balaban J connectivity index is 0.000000239. The lowest BCUT2D eigenvalue weighted by Crippen LogP contribution is -2.42. The van der Waals surface area contributed by atoms with Gasteiger partial charge in [0.25, 0.3) is 0 Å². The summed E-state index contributed by atoms with van der Waals surface area (Å²) in [6.07, 6.45) is 18.2. The highest BCUT2D eigenvalue weighted by Crippen LogP contribution is 2.29. The number of piperidine rings is 2. The lowest BCUT2D eigenvalue weighted by atomic mass is 10.0. The van der Waals surface area contributed by atoms with E-state index in [4.69, 9.17) is 44.7 Å². The van der Waals surface area contributed by atoms with Crippen LogP contribution < -0.4 is 40.5 Å². The van der Waals surface area contributed by atoms with Gasteiger partial charge in [-0.05, 0) is 116 Å². The van der Waals surface area contributed by atoms with Crippen LogP contribution in [0.3, 0.4) is 0 Å². The molecule has 7 N–H and O–H groups in total. The second-order valence-corrected chi connectivity index (χ2v) is 19.8. The Bertz CT molecular complexity index is 2220. The largest absolute Gasteiger partial charge is 0.494 e. The molecule has 4 fully saturated rings. The minimum atomic E-state index is -1.08. The van der Waals surface area contributed by atoms with Crippen LogP contribution >= 0.6 is 0 Å². The number of carbonyl (C=O) groups is 2. The van der Waals surface area contributed by atoms with Gasteiger partial charge in [0.15, 0.2) is 23.1 Å². The first-order valence-electron chi connectivity index (χ1n) is 26.6. The molecular formula is C53H82F2N14O7. The lowest BCUT2D eigenvalue weighted by Gasteiger charge is -2.35. The second kappa shape index (κ2) is 31.6. The molecule has 2 aliphatic heterocycles. The zero-order chi connectivity index (χ0) is 55.0. The first kappa shape index (κ1) is 60.4. The molecule has 4 heterocycles. The molecule has 8 rings (SSSR count). The number of hydrogen-bond acceptors (Lipinski definition) is 19. The molecule has 0 unspecified atom stereocenters. The molecule has 420 valence electrons. The van der Waals surface area contributed by atoms with Crippen molar-refractivity contribution in [3.63, 3.8) is 0 Å². The number of aliphatic carboxylic acids is 2. The van der Waals surface area contributed by atoms with Crippen LogP contribution in [0, 0.1) is 11.6 Å². The van der Waals surface area contributed by atoms with Gasteiger partial charge in [-0.3, -0.25) is 9.59 Å². The van der Waals surface area contributed by atoms with E-state index in [9.17, 15) is 18.4 Å². The number of aliphatic hydroxyl groups is 1. The first-order chi connectivity index (χ1) is 36.7. The van der Waals surface area contributed by atoms with Crippen molar-refractivity contribution in [2.45, 2.75) is 140 Å². The Hall–Kier alpha value is -6.46. The van der Waals surface area contributed by atoms with Crippen molar-refractivity contribution in [2.24, 2.45) is 0 Å². The van der Waals surface area contributed by atoms with Gasteiger partial charge in [-0.25, -0.2) is 8.78 Å². The van der Waals surface area contributed by atoms with Gasteiger partial charge >= 0.3 is 11.9 Å². The predicted molar refractivity (Wildman–Crippen MR) is 293 cm³/mol. The zero-order valence-corrected chi connectivity index (χ0v) is 45.5. The van der Waals surface area contributed by atoms with Crippen LogP contribution in [0.1, 0.15) is 116 Å². The van der Waals surface area contributed by atoms with Gasteiger partial charge in [-0.15, -0.1) is 0 Å². The number of anilines is 8. The van der Waals surface area contributed by atoms with E-state index in [0.717, 1.165) is 84.7 Å². The number of benzene rings is 2. The monoisotopic (exact) mass is 1060 g/mol. The van der Waals surface area contributed by atoms with E-state index < -0.39 is 23.6 Å². The molecule has 4 aliphatic rings. The molecule has 4 aromatic rings. The van der Waals surface area contributed by atoms with Crippen molar-refractivity contribution in [2.75, 3.05) is 107 Å². The Morgan fingerprint density at radius 1 is 0.553 bits per heavy atom. The van der Waals surface area contributed by atoms with Gasteiger partial charge in [0.05, 0.1) is 27.1 Å². The maximum absolute atomic E-state index is 14.2. The highest BCUT2D eigenvalue weighted by Gasteiger charge is 2.26. The maximum Gasteiger partial charge on any atom is 0.303 e. The number of hydrogen-bond donors (Lipinski definition) is 7. The summed E-state index contributed by atoms with van der Waals surface area (Å²) in [5.41, 5.74) is 1.13. The highest BCUT2D eigenvalue weighted by molar-refractivity contribution is 5.75. The third-order valence-corrected chi connectivity index (χ3v) is 14.1. The van der Waals surface area contributed by atoms with Crippen molar-refractivity contribution >= 4 is 59.0 Å². The standard InChI is InChI=1S/2C24H36FN7O.C4H6O4.CH4O/c2*1-31-14-12-19(13-15-31)32(2)24-29-22(26-17-8-6-4-5-7-9-17)28-23(30-24)27-18-10-11-21(33-3)20(25)16-18;5-3(6)1-2-4(7)8;1-2/h2*10-11,16-17,19H,4-9,12-15H2,1-3H3,(H2,26,27,28,29,30);1-2H2,(H,5,6)(H,7,8);2H,1H3. The fraction of sp³-hybridized carbons (Fsp3) is 0.623. The second-order valence-electron chi connectivity index (χ2n) is 19.8. The van der Waals surface area contributed by atoms with E-state index in [1.165, 1.54) is 77.7 Å². The predicted octanol–water partition coefficient (Wildman–Crippen LogP) is 8.40. The highest BCUT2D eigenvalue weighted by atomic mass is 19.1. The number of carboxylic acids is 2. The number of carboxylic acid groups (broad SMARTS) is 2. The number of methoxy groups -OCH3 is 2. The molecule has 0 atom stereocenters. The minimum Gasteiger partial charge on any atom is -0.494 e. The number of likely N-dealkylation sites (tertiary alicyclic amines) is 2. The van der Waals surface area contributed by atoms with Gasteiger partial charge in [0.2, 0.25) is 35.7 Å². The quantitative estimate of drug-likeness (QED) is 0.0490. The fourth-order valence-corrected chi connectivity index (χ4v) is 9.55. The van der Waals surface area contributed by atoms with Crippen LogP contribution in [0.25, 0.3) is 0 Å². The number of aliphatic hydroxyl groups excluding tert-OH is 1. The summed E-state index contributed by atoms with van der Waals surface area (Å²) < 4.78 is 38.5. The molecular weight excluding hydrogens is 983 g/mol. The Kier molecular flexibility index (Phi) is 25.1. The van der Waals surface area contributed by atoms with Gasteiger partial charge in [0, 0.05) is 68.9 Å². The van der Waals surface area contributed by atoms with Gasteiger partial charge in [-0.2, -0.15) is 29.9 Å². The van der Waals surface area contributed by atoms with E-state index in [2.05, 4.69) is 79.0 Å². The Morgan fingerprint density at radius 2 is 0.882 bits per heavy atom. The summed E-state index contributed by atoms with van der Waals surface area (Å²) >= 11 is 0. The van der Waals surface area contributed by atoms with Crippen molar-refractivity contribution in [3.8, 4) is 11.5 Å². The summed E-state index contributed by atoms with van der Waals surface area (Å²) in [4.78, 5) is 56.5. The number of halogens is 2. The molecule has 2 saturated carbocycles. The number of aromatic nitrogens is 6. The summed E-state index contributed by atoms with van der Waals surface area (Å²) in [6, 6.07) is 11.0. The third-order valence-electron chi connectivity index (χ3n) is 14.1. The van der Waals surface area contributed by atoms with Crippen LogP contribution in [-0.2, 0) is 9.59 Å². The van der Waals surface area contributed by atoms with E-state index in [1.54, 1.807) is 24.3 Å². The van der Waals surface area contributed by atoms with Gasteiger partial charge in [-0.1, -0.05) is 51.4 Å². The molecule has 21 nitrogen and oxygen atoms in total. The smallest absolute Gasteiger partial charge is 0.303 e. The number of nitrogens with one attached hydrogen (secondary N) is 4. The SMILES string of the molecule is CO.COc1ccc(Nc2nc(NC3CCCCCC3)nc(N(C)C3CCN(C)CC3)n2)cc1F.COc1ccc(Nc2nc(NC3CCCCCC3)nc(N(C)C3CCN(C)CC3)n2)cc1F.O=C(O)CCC(=O)O. The molecule has 0 bridgehead atoms. The third kappa shape index (κ3) is 19.9. The summed E-state index contributed by atoms with van der Waals surface area (Å²) in [5, 5.41) is 36.2. The van der Waals surface area contributed by atoms with Crippen LogP contribution in [0.4, 0.5) is 55.8 Å². The number of rotatable bonds is 17. The number of nitrogens with zero attached hydrogens (tertiary/aromatic N) is 10. The normalized spacial score (nSPS) is 17.1. The maximum atomic E-state index is 14.2. The Morgan fingerprint density at radius 3 is 1.18 bits per heavy atom. The zero-order valence-electron chi connectivity index (χ0n) is 45.5. The van der Waals surface area contributed by atoms with E-state index in [1.807, 2.05) is 0 Å². The molecule has 23 heteroatoms. The van der Waals surface area contributed by atoms with Gasteiger partial charge in [0.1, 0.15) is 0 Å². The van der Waals surface area contributed by atoms with Crippen molar-refractivity contribution in [3.05, 3.63) is 48.0 Å². The molecule has 0 radical (unpaired) electrons. The molecule has 2 aromatic heterocycles. The molecule has 2 saturated heterocycles. The average Bonchev–Trinajstić information content (AvgIpc) is 3.85. The van der Waals surface area contributed by atoms with Crippen molar-refractivity contribution < 1.29 is 43.2 Å². The van der Waals surface area contributed by atoms with E-state index >= 15 is 0 Å². The molecule has 76 heavy (non-hydrogen) atoms. The van der Waals surface area contributed by atoms with Gasteiger partial charge < -0.3 is 65.7 Å². The molecule has 0 spiro atoms. The molecule has 0 amide bonds. The summed E-state index contributed by atoms with van der Waals surface area (Å²) in [7, 11) is 12.3. The van der Waals surface area contributed by atoms with Crippen molar-refractivity contribution in [1.82, 2.24) is 39.7 Å². The lowest BCUT2D eigenvalue weighted by molar-refractivity contribution is -0.143. The van der Waals surface area contributed by atoms with Crippen LogP contribution in [-0.4, -0.2) is 167 Å².